The van der Waals surface area contributed by atoms with Crippen LogP contribution in [0.3, 0.4) is 0 Å². The molecule has 1 atom stereocenters. The molecule has 0 N–H and O–H groups in total. The number of hydrogen-bond donors (Lipinski definition) is 0. The molecule has 0 radical (unpaired) electrons. The minimum absolute atomic E-state index is 0.350. The third-order valence-electron chi connectivity index (χ3n) is 1.40. The fraction of sp³-hybridized carbons (Fsp3) is 0.875. The van der Waals surface area contributed by atoms with E-state index in [-0.39, 0.29) is 0 Å². The average molecular weight is 160 g/mol. The Morgan fingerprint density at radius 1 is 1.50 bits per heavy atom. The molecule has 1 nitrogen and oxygen atoms in total. The van der Waals surface area contributed by atoms with Gasteiger partial charge in [0, 0.05) is 6.92 Å². The summed E-state index contributed by atoms with van der Waals surface area (Å²) in [5, 5.41) is 0.667. The zero-order valence-corrected chi connectivity index (χ0v) is 7.83. The average Bonchev–Trinajstić information content (AvgIpc) is 1.86. The first-order chi connectivity index (χ1) is 4.70. The molecule has 0 aromatic rings. The van der Waals surface area contributed by atoms with Gasteiger partial charge in [0.1, 0.15) is 0 Å². The van der Waals surface area contributed by atoms with E-state index in [1.54, 1.807) is 0 Å². The standard InChI is InChI=1S/C8H16OS/c1-4-6-8(5-2)9-7(3)10/h8H,4-6H2,1-3H3. The van der Waals surface area contributed by atoms with E-state index in [0.29, 0.717) is 11.2 Å². The van der Waals surface area contributed by atoms with Crippen molar-refractivity contribution in [3.63, 3.8) is 0 Å². The van der Waals surface area contributed by atoms with E-state index in [1.807, 2.05) is 6.92 Å². The first-order valence-electron chi connectivity index (χ1n) is 3.87. The van der Waals surface area contributed by atoms with Crippen LogP contribution in [0.15, 0.2) is 0 Å². The highest BCUT2D eigenvalue weighted by atomic mass is 32.1. The fourth-order valence-electron chi connectivity index (χ4n) is 0.903. The number of hydrogen-bond acceptors (Lipinski definition) is 2. The topological polar surface area (TPSA) is 9.23 Å². The lowest BCUT2D eigenvalue weighted by Crippen LogP contribution is -2.13. The third-order valence-corrected chi connectivity index (χ3v) is 1.49. The summed E-state index contributed by atoms with van der Waals surface area (Å²) in [6.45, 7) is 6.11. The maximum absolute atomic E-state index is 5.37. The van der Waals surface area contributed by atoms with Gasteiger partial charge in [0.2, 0.25) is 0 Å². The van der Waals surface area contributed by atoms with Crippen LogP contribution in [0.4, 0.5) is 0 Å². The fourth-order valence-corrected chi connectivity index (χ4v) is 1.04. The van der Waals surface area contributed by atoms with Crippen molar-refractivity contribution in [2.75, 3.05) is 0 Å². The Balaban J connectivity index is 3.49. The maximum Gasteiger partial charge on any atom is 0.157 e. The Labute approximate surface area is 68.8 Å². The monoisotopic (exact) mass is 160 g/mol. The van der Waals surface area contributed by atoms with E-state index in [4.69, 9.17) is 17.0 Å². The van der Waals surface area contributed by atoms with Crippen molar-refractivity contribution in [2.24, 2.45) is 0 Å². The molecule has 1 unspecified atom stereocenters. The minimum Gasteiger partial charge on any atom is -0.484 e. The van der Waals surface area contributed by atoms with Gasteiger partial charge in [-0.2, -0.15) is 0 Å². The Hall–Kier alpha value is -0.110. The summed E-state index contributed by atoms with van der Waals surface area (Å²) in [6, 6.07) is 0. The molecule has 0 aliphatic carbocycles. The highest BCUT2D eigenvalue weighted by Crippen LogP contribution is 2.06. The lowest BCUT2D eigenvalue weighted by Gasteiger charge is -2.14. The molecule has 0 amide bonds. The van der Waals surface area contributed by atoms with Crippen molar-refractivity contribution in [1.82, 2.24) is 0 Å². The summed E-state index contributed by atoms with van der Waals surface area (Å²) in [5.74, 6) is 0. The summed E-state index contributed by atoms with van der Waals surface area (Å²) in [6.07, 6.45) is 3.69. The third kappa shape index (κ3) is 4.74. The van der Waals surface area contributed by atoms with Gasteiger partial charge in [-0.15, -0.1) is 0 Å². The van der Waals surface area contributed by atoms with Crippen LogP contribution in [-0.4, -0.2) is 11.2 Å². The second-order valence-electron chi connectivity index (χ2n) is 2.43. The van der Waals surface area contributed by atoms with E-state index in [1.165, 1.54) is 6.42 Å². The van der Waals surface area contributed by atoms with Crippen LogP contribution in [0.1, 0.15) is 40.0 Å². The molecule has 0 saturated carbocycles. The van der Waals surface area contributed by atoms with Gasteiger partial charge in [0.25, 0.3) is 0 Å². The molecule has 60 valence electrons. The van der Waals surface area contributed by atoms with Crippen molar-refractivity contribution in [1.29, 1.82) is 0 Å². The molecular formula is C8H16OS. The van der Waals surface area contributed by atoms with Crippen LogP contribution in [0.5, 0.6) is 0 Å². The summed E-state index contributed by atoms with van der Waals surface area (Å²) < 4.78 is 5.37. The zero-order valence-electron chi connectivity index (χ0n) is 7.02. The van der Waals surface area contributed by atoms with E-state index in [9.17, 15) is 0 Å². The maximum atomic E-state index is 5.37. The first kappa shape index (κ1) is 9.89. The SMILES string of the molecule is CCCC(CC)OC(C)=S. The van der Waals surface area contributed by atoms with Crippen molar-refractivity contribution in [3.8, 4) is 0 Å². The van der Waals surface area contributed by atoms with Gasteiger partial charge in [0.15, 0.2) is 5.05 Å². The minimum atomic E-state index is 0.350. The summed E-state index contributed by atoms with van der Waals surface area (Å²) >= 11 is 4.83. The molecule has 0 aliphatic heterocycles. The lowest BCUT2D eigenvalue weighted by atomic mass is 10.2. The quantitative estimate of drug-likeness (QED) is 0.585. The van der Waals surface area contributed by atoms with Crippen molar-refractivity contribution in [2.45, 2.75) is 46.1 Å². The van der Waals surface area contributed by atoms with Crippen LogP contribution < -0.4 is 0 Å². The number of rotatable bonds is 4. The Bertz CT molecular complexity index is 101. The predicted octanol–water partition coefficient (Wildman–Crippen LogP) is 2.93. The van der Waals surface area contributed by atoms with Gasteiger partial charge in [-0.05, 0) is 25.1 Å². The van der Waals surface area contributed by atoms with Crippen molar-refractivity contribution < 1.29 is 4.74 Å². The van der Waals surface area contributed by atoms with Gasteiger partial charge in [-0.1, -0.05) is 20.3 Å². The second-order valence-corrected chi connectivity index (χ2v) is 3.00. The number of ether oxygens (including phenoxy) is 1. The van der Waals surface area contributed by atoms with E-state index >= 15 is 0 Å². The molecule has 0 aromatic heterocycles. The predicted molar refractivity (Wildman–Crippen MR) is 48.3 cm³/mol. The molecule has 10 heavy (non-hydrogen) atoms. The van der Waals surface area contributed by atoms with Gasteiger partial charge >= 0.3 is 0 Å². The van der Waals surface area contributed by atoms with Crippen molar-refractivity contribution in [3.05, 3.63) is 0 Å². The van der Waals surface area contributed by atoms with Gasteiger partial charge in [0.05, 0.1) is 6.10 Å². The molecule has 0 bridgehead atoms. The van der Waals surface area contributed by atoms with Crippen LogP contribution in [0, 0.1) is 0 Å². The lowest BCUT2D eigenvalue weighted by molar-refractivity contribution is 0.176. The molecule has 0 aliphatic rings. The van der Waals surface area contributed by atoms with Gasteiger partial charge in [-0.3, -0.25) is 0 Å². The van der Waals surface area contributed by atoms with E-state index in [2.05, 4.69) is 13.8 Å². The van der Waals surface area contributed by atoms with Crippen LogP contribution in [0.2, 0.25) is 0 Å². The molecular weight excluding hydrogens is 144 g/mol. The molecule has 0 aromatic carbocycles. The van der Waals surface area contributed by atoms with Crippen molar-refractivity contribution >= 4 is 17.3 Å². The Morgan fingerprint density at radius 2 is 2.10 bits per heavy atom. The summed E-state index contributed by atoms with van der Waals surface area (Å²) in [5.41, 5.74) is 0. The molecule has 0 saturated heterocycles. The largest absolute Gasteiger partial charge is 0.484 e. The molecule has 2 heteroatoms. The van der Waals surface area contributed by atoms with Crippen LogP contribution in [0.25, 0.3) is 0 Å². The summed E-state index contributed by atoms with van der Waals surface area (Å²) in [4.78, 5) is 0. The first-order valence-corrected chi connectivity index (χ1v) is 4.28. The highest BCUT2D eigenvalue weighted by molar-refractivity contribution is 7.80. The molecule has 0 rings (SSSR count). The molecule has 0 heterocycles. The van der Waals surface area contributed by atoms with Crippen LogP contribution >= 0.6 is 12.2 Å². The van der Waals surface area contributed by atoms with Crippen LogP contribution in [-0.2, 0) is 4.74 Å². The number of thiocarbonyl (C=S) groups is 1. The second kappa shape index (κ2) is 5.66. The highest BCUT2D eigenvalue weighted by Gasteiger charge is 2.04. The Morgan fingerprint density at radius 3 is 2.40 bits per heavy atom. The summed E-state index contributed by atoms with van der Waals surface area (Å²) in [7, 11) is 0. The zero-order chi connectivity index (χ0) is 7.98. The molecule has 0 spiro atoms. The molecule has 0 fully saturated rings. The van der Waals surface area contributed by atoms with E-state index in [0.717, 1.165) is 12.8 Å². The normalized spacial score (nSPS) is 12.7. The van der Waals surface area contributed by atoms with Gasteiger partial charge in [-0.25, -0.2) is 0 Å². The van der Waals surface area contributed by atoms with E-state index < -0.39 is 0 Å². The smallest absolute Gasteiger partial charge is 0.157 e. The Kier molecular flexibility index (Phi) is 5.60. The van der Waals surface area contributed by atoms with Gasteiger partial charge < -0.3 is 4.74 Å².